The van der Waals surface area contributed by atoms with E-state index in [1.54, 1.807) is 4.90 Å². The van der Waals surface area contributed by atoms with Crippen LogP contribution in [0, 0.1) is 5.92 Å². The second-order valence-corrected chi connectivity index (χ2v) is 8.74. The average molecular weight is 416 g/mol. The van der Waals surface area contributed by atoms with Crippen molar-refractivity contribution < 1.29 is 18.0 Å². The fourth-order valence-corrected chi connectivity index (χ4v) is 3.90. The lowest BCUT2D eigenvalue weighted by molar-refractivity contribution is -0.121. The molecule has 3 rings (SSSR count). The highest BCUT2D eigenvalue weighted by molar-refractivity contribution is 7.89. The maximum atomic E-state index is 12.6. The molecule has 1 saturated heterocycles. The van der Waals surface area contributed by atoms with Gasteiger partial charge >= 0.3 is 0 Å². The molecule has 1 fully saturated rings. The summed E-state index contributed by atoms with van der Waals surface area (Å²) in [6.07, 6.45) is 2.10. The molecule has 0 radical (unpaired) electrons. The first-order chi connectivity index (χ1) is 13.8. The summed E-state index contributed by atoms with van der Waals surface area (Å²) in [5.74, 6) is -0.336. The largest absolute Gasteiger partial charge is 0.339 e. The number of likely N-dealkylation sites (tertiary alicyclic amines) is 1. The summed E-state index contributed by atoms with van der Waals surface area (Å²) >= 11 is 0. The summed E-state index contributed by atoms with van der Waals surface area (Å²) in [5, 5.41) is 7.87. The number of aryl methyl sites for hydroxylation is 1. The van der Waals surface area contributed by atoms with Crippen LogP contribution in [-0.4, -0.2) is 38.2 Å². The number of sulfonamides is 1. The number of amides is 2. The molecular weight excluding hydrogens is 390 g/mol. The molecule has 0 aliphatic carbocycles. The number of piperidine rings is 1. The van der Waals surface area contributed by atoms with Crippen LogP contribution in [-0.2, 0) is 21.2 Å². The van der Waals surface area contributed by atoms with Crippen molar-refractivity contribution in [1.29, 1.82) is 0 Å². The van der Waals surface area contributed by atoms with Crippen molar-refractivity contribution >= 4 is 27.5 Å². The van der Waals surface area contributed by atoms with E-state index >= 15 is 0 Å². The van der Waals surface area contributed by atoms with Gasteiger partial charge < -0.3 is 10.2 Å². The van der Waals surface area contributed by atoms with Crippen LogP contribution in [0.5, 0.6) is 0 Å². The molecule has 8 heteroatoms. The maximum absolute atomic E-state index is 12.6. The number of carbonyl (C=O) groups excluding carboxylic acids is 2. The van der Waals surface area contributed by atoms with E-state index in [0.29, 0.717) is 37.2 Å². The first kappa shape index (κ1) is 21.0. The summed E-state index contributed by atoms with van der Waals surface area (Å²) in [6.45, 7) is 3.12. The Kier molecular flexibility index (Phi) is 6.34. The zero-order valence-corrected chi connectivity index (χ0v) is 17.1. The predicted molar refractivity (Wildman–Crippen MR) is 111 cm³/mol. The Bertz CT molecular complexity index is 978. The Balaban J connectivity index is 1.54. The van der Waals surface area contributed by atoms with Gasteiger partial charge in [-0.05, 0) is 61.2 Å². The van der Waals surface area contributed by atoms with Crippen LogP contribution in [0.15, 0.2) is 53.4 Å². The SMILES string of the molecule is CCc1ccc(C(=O)N2CCC(C(=O)Nc3ccc(S(N)(=O)=O)cc3)CC2)cc1. The zero-order valence-electron chi connectivity index (χ0n) is 16.3. The molecule has 1 aliphatic heterocycles. The smallest absolute Gasteiger partial charge is 0.253 e. The number of primary sulfonamides is 1. The Morgan fingerprint density at radius 3 is 2.14 bits per heavy atom. The van der Waals surface area contributed by atoms with Gasteiger partial charge in [0.1, 0.15) is 0 Å². The maximum Gasteiger partial charge on any atom is 0.253 e. The summed E-state index contributed by atoms with van der Waals surface area (Å²) in [4.78, 5) is 26.9. The highest BCUT2D eigenvalue weighted by Crippen LogP contribution is 2.22. The van der Waals surface area contributed by atoms with E-state index in [2.05, 4.69) is 12.2 Å². The summed E-state index contributed by atoms with van der Waals surface area (Å²) < 4.78 is 22.6. The second-order valence-electron chi connectivity index (χ2n) is 7.18. The van der Waals surface area contributed by atoms with Crippen LogP contribution in [0.1, 0.15) is 35.7 Å². The quantitative estimate of drug-likeness (QED) is 0.781. The fourth-order valence-electron chi connectivity index (χ4n) is 3.38. The molecule has 2 amide bonds. The van der Waals surface area contributed by atoms with Crippen LogP contribution in [0.3, 0.4) is 0 Å². The van der Waals surface area contributed by atoms with Gasteiger partial charge in [-0.15, -0.1) is 0 Å². The van der Waals surface area contributed by atoms with Crippen LogP contribution in [0.25, 0.3) is 0 Å². The van der Waals surface area contributed by atoms with Gasteiger partial charge in [0.05, 0.1) is 4.90 Å². The molecule has 0 aromatic heterocycles. The lowest BCUT2D eigenvalue weighted by atomic mass is 9.95. The Hall–Kier alpha value is -2.71. The lowest BCUT2D eigenvalue weighted by Crippen LogP contribution is -2.41. The van der Waals surface area contributed by atoms with E-state index in [4.69, 9.17) is 5.14 Å². The van der Waals surface area contributed by atoms with E-state index in [0.717, 1.165) is 6.42 Å². The third-order valence-electron chi connectivity index (χ3n) is 5.21. The van der Waals surface area contributed by atoms with E-state index in [1.807, 2.05) is 24.3 Å². The minimum atomic E-state index is -3.76. The van der Waals surface area contributed by atoms with E-state index in [9.17, 15) is 18.0 Å². The van der Waals surface area contributed by atoms with E-state index in [1.165, 1.54) is 29.8 Å². The summed E-state index contributed by atoms with van der Waals surface area (Å²) in [5.41, 5.74) is 2.37. The van der Waals surface area contributed by atoms with E-state index < -0.39 is 10.0 Å². The Morgan fingerprint density at radius 2 is 1.62 bits per heavy atom. The van der Waals surface area contributed by atoms with Crippen LogP contribution in [0.4, 0.5) is 5.69 Å². The molecule has 3 N–H and O–H groups in total. The minimum absolute atomic E-state index is 0.00529. The van der Waals surface area contributed by atoms with Crippen LogP contribution < -0.4 is 10.5 Å². The number of benzene rings is 2. The zero-order chi connectivity index (χ0) is 21.0. The van der Waals surface area contributed by atoms with Crippen molar-refractivity contribution in [2.75, 3.05) is 18.4 Å². The first-order valence-electron chi connectivity index (χ1n) is 9.60. The van der Waals surface area contributed by atoms with Gasteiger partial charge in [-0.25, -0.2) is 13.6 Å². The molecular formula is C21H25N3O4S. The molecule has 1 aliphatic rings. The number of hydrogen-bond donors (Lipinski definition) is 2. The van der Waals surface area contributed by atoms with Crippen molar-refractivity contribution in [3.8, 4) is 0 Å². The molecule has 2 aromatic rings. The van der Waals surface area contributed by atoms with Gasteiger partial charge in [-0.1, -0.05) is 19.1 Å². The van der Waals surface area contributed by atoms with Gasteiger partial charge in [-0.2, -0.15) is 0 Å². The second kappa shape index (κ2) is 8.75. The Morgan fingerprint density at radius 1 is 1.03 bits per heavy atom. The fraction of sp³-hybridized carbons (Fsp3) is 0.333. The first-order valence-corrected chi connectivity index (χ1v) is 11.1. The lowest BCUT2D eigenvalue weighted by Gasteiger charge is -2.31. The minimum Gasteiger partial charge on any atom is -0.339 e. The van der Waals surface area contributed by atoms with E-state index in [-0.39, 0.29) is 22.6 Å². The molecule has 154 valence electrons. The molecule has 0 bridgehead atoms. The Labute approximate surface area is 171 Å². The highest BCUT2D eigenvalue weighted by atomic mass is 32.2. The number of carbonyl (C=O) groups is 2. The average Bonchev–Trinajstić information content (AvgIpc) is 2.73. The summed E-state index contributed by atoms with van der Waals surface area (Å²) in [7, 11) is -3.76. The third-order valence-corrected chi connectivity index (χ3v) is 6.14. The number of nitrogens with one attached hydrogen (secondary N) is 1. The van der Waals surface area contributed by atoms with Gasteiger partial charge in [0.25, 0.3) is 5.91 Å². The number of nitrogens with two attached hydrogens (primary N) is 1. The van der Waals surface area contributed by atoms with Crippen molar-refractivity contribution in [2.24, 2.45) is 11.1 Å². The normalized spacial score (nSPS) is 15.2. The van der Waals surface area contributed by atoms with Crippen molar-refractivity contribution in [2.45, 2.75) is 31.1 Å². The molecule has 0 unspecified atom stereocenters. The third kappa shape index (κ3) is 5.21. The van der Waals surface area contributed by atoms with Gasteiger partial charge in [-0.3, -0.25) is 9.59 Å². The number of anilines is 1. The van der Waals surface area contributed by atoms with Gasteiger partial charge in [0.2, 0.25) is 15.9 Å². The topological polar surface area (TPSA) is 110 Å². The van der Waals surface area contributed by atoms with Gasteiger partial charge in [0.15, 0.2) is 0 Å². The van der Waals surface area contributed by atoms with Gasteiger partial charge in [0, 0.05) is 30.3 Å². The number of rotatable bonds is 5. The molecule has 0 saturated carbocycles. The molecule has 1 heterocycles. The van der Waals surface area contributed by atoms with Crippen LogP contribution >= 0.6 is 0 Å². The molecule has 2 aromatic carbocycles. The van der Waals surface area contributed by atoms with Crippen molar-refractivity contribution in [3.05, 3.63) is 59.7 Å². The van der Waals surface area contributed by atoms with Crippen molar-refractivity contribution in [1.82, 2.24) is 4.90 Å². The number of hydrogen-bond acceptors (Lipinski definition) is 4. The predicted octanol–water partition coefficient (Wildman–Crippen LogP) is 2.39. The highest BCUT2D eigenvalue weighted by Gasteiger charge is 2.28. The molecule has 29 heavy (non-hydrogen) atoms. The van der Waals surface area contributed by atoms with Crippen LogP contribution in [0.2, 0.25) is 0 Å². The molecule has 7 nitrogen and oxygen atoms in total. The molecule has 0 spiro atoms. The number of nitrogens with zero attached hydrogens (tertiary/aromatic N) is 1. The summed E-state index contributed by atoms with van der Waals surface area (Å²) in [6, 6.07) is 13.4. The van der Waals surface area contributed by atoms with Crippen molar-refractivity contribution in [3.63, 3.8) is 0 Å². The monoisotopic (exact) mass is 415 g/mol. The molecule has 0 atom stereocenters. The standard InChI is InChI=1S/C21H25N3O4S/c1-2-15-3-5-17(6-4-15)21(26)24-13-11-16(12-14-24)20(25)23-18-7-9-19(10-8-18)29(22,27)28/h3-10,16H,2,11-14H2,1H3,(H,23,25)(H2,22,27,28).